The molecule has 0 radical (unpaired) electrons. The molecule has 5 aromatic carbocycles. The van der Waals surface area contributed by atoms with Crippen LogP contribution < -0.4 is 0 Å². The van der Waals surface area contributed by atoms with Crippen LogP contribution in [-0.4, -0.2) is 4.98 Å². The first kappa shape index (κ1) is 17.8. The van der Waals surface area contributed by atoms with Gasteiger partial charge in [-0.2, -0.15) is 0 Å². The lowest BCUT2D eigenvalue weighted by atomic mass is 9.81. The Kier molecular flexibility index (Phi) is 3.40. The first-order valence-corrected chi connectivity index (χ1v) is 11.3. The van der Waals surface area contributed by atoms with Gasteiger partial charge in [-0.15, -0.1) is 0 Å². The van der Waals surface area contributed by atoms with Gasteiger partial charge in [-0.3, -0.25) is 0 Å². The van der Waals surface area contributed by atoms with E-state index in [9.17, 15) is 0 Å². The van der Waals surface area contributed by atoms with Gasteiger partial charge in [0.2, 0.25) is 0 Å². The first-order chi connectivity index (χ1) is 15.6. The van der Waals surface area contributed by atoms with E-state index in [2.05, 4.69) is 116 Å². The number of hydrogen-bond donors (Lipinski definition) is 1. The van der Waals surface area contributed by atoms with E-state index in [4.69, 9.17) is 0 Å². The molecular formula is C31H23N. The average molecular weight is 410 g/mol. The summed E-state index contributed by atoms with van der Waals surface area (Å²) in [6, 6.07) is 35.7. The highest BCUT2D eigenvalue weighted by atomic mass is 14.7. The van der Waals surface area contributed by atoms with Gasteiger partial charge in [-0.25, -0.2) is 0 Å². The number of hydrogen-bond acceptors (Lipinski definition) is 0. The zero-order valence-corrected chi connectivity index (χ0v) is 18.2. The fourth-order valence-corrected chi connectivity index (χ4v) is 5.73. The minimum atomic E-state index is 0.0169. The van der Waals surface area contributed by atoms with Crippen LogP contribution in [0.1, 0.15) is 25.0 Å². The molecule has 0 aliphatic heterocycles. The predicted molar refractivity (Wildman–Crippen MR) is 136 cm³/mol. The number of nitrogens with one attached hydrogen (secondary N) is 1. The molecule has 0 atom stereocenters. The second-order valence-corrected chi connectivity index (χ2v) is 9.53. The van der Waals surface area contributed by atoms with Gasteiger partial charge in [0.1, 0.15) is 0 Å². The van der Waals surface area contributed by atoms with Crippen LogP contribution in [0.25, 0.3) is 54.8 Å². The van der Waals surface area contributed by atoms with Crippen LogP contribution in [-0.2, 0) is 5.41 Å². The van der Waals surface area contributed by atoms with Crippen molar-refractivity contribution < 1.29 is 0 Å². The molecule has 1 aliphatic rings. The molecule has 1 aliphatic carbocycles. The second kappa shape index (κ2) is 6.11. The molecule has 6 aromatic rings. The largest absolute Gasteiger partial charge is 0.354 e. The molecule has 152 valence electrons. The number of rotatable bonds is 1. The Hall–Kier alpha value is -3.84. The summed E-state index contributed by atoms with van der Waals surface area (Å²) in [4.78, 5) is 3.62. The molecule has 7 rings (SSSR count). The van der Waals surface area contributed by atoms with Gasteiger partial charge >= 0.3 is 0 Å². The summed E-state index contributed by atoms with van der Waals surface area (Å²) < 4.78 is 0. The number of aromatic amines is 1. The highest BCUT2D eigenvalue weighted by Crippen LogP contribution is 2.49. The molecule has 0 spiro atoms. The minimum absolute atomic E-state index is 0.0169. The molecule has 1 heterocycles. The maximum Gasteiger partial charge on any atom is 0.0471 e. The minimum Gasteiger partial charge on any atom is -0.354 e. The highest BCUT2D eigenvalue weighted by molar-refractivity contribution is 6.20. The summed E-state index contributed by atoms with van der Waals surface area (Å²) in [5.41, 5.74) is 10.5. The van der Waals surface area contributed by atoms with Crippen LogP contribution in [0, 0.1) is 0 Å². The third-order valence-electron chi connectivity index (χ3n) is 7.40. The quantitative estimate of drug-likeness (QED) is 0.280. The van der Waals surface area contributed by atoms with Gasteiger partial charge in [0, 0.05) is 27.2 Å². The molecule has 1 heteroatoms. The molecule has 0 bridgehead atoms. The van der Waals surface area contributed by atoms with Gasteiger partial charge in [0.05, 0.1) is 0 Å². The van der Waals surface area contributed by atoms with Gasteiger partial charge < -0.3 is 4.98 Å². The van der Waals surface area contributed by atoms with Crippen molar-refractivity contribution in [1.82, 2.24) is 4.98 Å². The standard InChI is InChI=1S/C31H23N/c1-31(2)26-10-6-5-9-23(26)24-14-11-21(18-27(24)31)20-13-15-28-25(17-20)30-22-8-4-3-7-19(22)12-16-29(30)32-28/h3-18,32H,1-2H3. The topological polar surface area (TPSA) is 15.8 Å². The Morgan fingerprint density at radius 2 is 1.28 bits per heavy atom. The number of fused-ring (bicyclic) bond motifs is 8. The molecule has 0 saturated heterocycles. The second-order valence-electron chi connectivity index (χ2n) is 9.53. The fourth-order valence-electron chi connectivity index (χ4n) is 5.73. The van der Waals surface area contributed by atoms with E-state index in [1.807, 2.05) is 0 Å². The Morgan fingerprint density at radius 3 is 2.22 bits per heavy atom. The molecule has 0 saturated carbocycles. The van der Waals surface area contributed by atoms with Crippen LogP contribution in [0.2, 0.25) is 0 Å². The number of H-pyrrole nitrogens is 1. The van der Waals surface area contributed by atoms with E-state index in [0.29, 0.717) is 0 Å². The average Bonchev–Trinajstić information content (AvgIpc) is 3.32. The molecule has 0 amide bonds. The fraction of sp³-hybridized carbons (Fsp3) is 0.0968. The van der Waals surface area contributed by atoms with E-state index in [1.54, 1.807) is 0 Å². The SMILES string of the molecule is CC1(C)c2ccccc2-c2ccc(-c3ccc4[nH]c5ccc6ccccc6c5c4c3)cc21. The third-order valence-corrected chi connectivity index (χ3v) is 7.40. The normalized spacial score (nSPS) is 14.2. The van der Waals surface area contributed by atoms with E-state index in [1.165, 1.54) is 66.0 Å². The lowest BCUT2D eigenvalue weighted by molar-refractivity contribution is 0.660. The zero-order chi connectivity index (χ0) is 21.4. The van der Waals surface area contributed by atoms with Crippen molar-refractivity contribution in [3.63, 3.8) is 0 Å². The number of aromatic nitrogens is 1. The summed E-state index contributed by atoms with van der Waals surface area (Å²) in [7, 11) is 0. The van der Waals surface area contributed by atoms with E-state index in [-0.39, 0.29) is 5.41 Å². The summed E-state index contributed by atoms with van der Waals surface area (Å²) in [6.07, 6.45) is 0. The van der Waals surface area contributed by atoms with E-state index in [0.717, 1.165) is 0 Å². The third kappa shape index (κ3) is 2.28. The maximum absolute atomic E-state index is 3.62. The Balaban J connectivity index is 1.46. The van der Waals surface area contributed by atoms with Crippen LogP contribution in [0.3, 0.4) is 0 Å². The van der Waals surface area contributed by atoms with E-state index >= 15 is 0 Å². The first-order valence-electron chi connectivity index (χ1n) is 11.3. The lowest BCUT2D eigenvalue weighted by Crippen LogP contribution is -2.14. The summed E-state index contributed by atoms with van der Waals surface area (Å²) >= 11 is 0. The van der Waals surface area contributed by atoms with Crippen molar-refractivity contribution in [2.75, 3.05) is 0 Å². The van der Waals surface area contributed by atoms with Crippen molar-refractivity contribution in [2.45, 2.75) is 19.3 Å². The van der Waals surface area contributed by atoms with Crippen molar-refractivity contribution >= 4 is 32.6 Å². The van der Waals surface area contributed by atoms with Crippen molar-refractivity contribution in [2.24, 2.45) is 0 Å². The van der Waals surface area contributed by atoms with Crippen LogP contribution in [0.15, 0.2) is 97.1 Å². The summed E-state index contributed by atoms with van der Waals surface area (Å²) in [5.74, 6) is 0. The molecular weight excluding hydrogens is 386 g/mol. The van der Waals surface area contributed by atoms with E-state index < -0.39 is 0 Å². The molecule has 32 heavy (non-hydrogen) atoms. The van der Waals surface area contributed by atoms with Gasteiger partial charge in [-0.1, -0.05) is 86.6 Å². The lowest BCUT2D eigenvalue weighted by Gasteiger charge is -2.22. The van der Waals surface area contributed by atoms with Crippen molar-refractivity contribution in [3.05, 3.63) is 108 Å². The molecule has 0 fully saturated rings. The smallest absolute Gasteiger partial charge is 0.0471 e. The number of benzene rings is 5. The Morgan fingerprint density at radius 1 is 0.562 bits per heavy atom. The molecule has 1 nitrogen and oxygen atoms in total. The van der Waals surface area contributed by atoms with Crippen LogP contribution in [0.4, 0.5) is 0 Å². The molecule has 1 N–H and O–H groups in total. The van der Waals surface area contributed by atoms with Crippen LogP contribution in [0.5, 0.6) is 0 Å². The summed E-state index contributed by atoms with van der Waals surface area (Å²) in [6.45, 7) is 4.69. The monoisotopic (exact) mass is 409 g/mol. The van der Waals surface area contributed by atoms with Crippen molar-refractivity contribution in [1.29, 1.82) is 0 Å². The Labute approximate surface area is 187 Å². The van der Waals surface area contributed by atoms with Crippen LogP contribution >= 0.6 is 0 Å². The van der Waals surface area contributed by atoms with Gasteiger partial charge in [0.15, 0.2) is 0 Å². The van der Waals surface area contributed by atoms with Gasteiger partial charge in [-0.05, 0) is 68.4 Å². The molecule has 1 aromatic heterocycles. The zero-order valence-electron chi connectivity index (χ0n) is 18.2. The summed E-state index contributed by atoms with van der Waals surface area (Å²) in [5, 5.41) is 5.19. The molecule has 0 unspecified atom stereocenters. The predicted octanol–water partition coefficient (Wildman–Crippen LogP) is 8.45. The maximum atomic E-state index is 3.62. The highest BCUT2D eigenvalue weighted by Gasteiger charge is 2.35. The van der Waals surface area contributed by atoms with Crippen molar-refractivity contribution in [3.8, 4) is 22.3 Å². The van der Waals surface area contributed by atoms with Gasteiger partial charge in [0.25, 0.3) is 0 Å². The Bertz CT molecular complexity index is 1700.